The number of hydrogen-bond donors (Lipinski definition) is 3. The van der Waals surface area contributed by atoms with Crippen molar-refractivity contribution in [2.24, 2.45) is 11.8 Å². The molecule has 2 unspecified atom stereocenters. The molecule has 2 aromatic rings. The van der Waals surface area contributed by atoms with Gasteiger partial charge < -0.3 is 20.5 Å². The lowest BCUT2D eigenvalue weighted by molar-refractivity contribution is 0.0928. The number of hydrogen-bond acceptors (Lipinski definition) is 5. The third-order valence-corrected chi connectivity index (χ3v) is 5.46. The first-order valence-electron chi connectivity index (χ1n) is 9.35. The molecule has 7 nitrogen and oxygen atoms in total. The van der Waals surface area contributed by atoms with Crippen LogP contribution < -0.4 is 10.6 Å². The van der Waals surface area contributed by atoms with Gasteiger partial charge >= 0.3 is 0 Å². The molecule has 3 N–H and O–H groups in total. The van der Waals surface area contributed by atoms with Crippen LogP contribution in [0.25, 0.3) is 0 Å². The summed E-state index contributed by atoms with van der Waals surface area (Å²) < 4.78 is 5.35. The average molecular weight is 381 g/mol. The molecule has 0 bridgehead atoms. The predicted molar refractivity (Wildman–Crippen MR) is 102 cm³/mol. The lowest BCUT2D eigenvalue weighted by Gasteiger charge is -2.15. The number of ether oxygens (including phenoxy) is 1. The van der Waals surface area contributed by atoms with Crippen LogP contribution in [0, 0.1) is 18.8 Å². The SMILES string of the molecule is CNC(=O)c1cc(C(=O)NC2[C@H]3COC[C@@H]23)cc(C(O)c2cccc(C)c2)n1. The fourth-order valence-electron chi connectivity index (χ4n) is 3.77. The number of pyridine rings is 1. The Hall–Kier alpha value is -2.77. The first-order chi connectivity index (χ1) is 13.5. The van der Waals surface area contributed by atoms with Gasteiger partial charge in [0.15, 0.2) is 0 Å². The molecule has 4 rings (SSSR count). The van der Waals surface area contributed by atoms with E-state index in [-0.39, 0.29) is 23.3 Å². The van der Waals surface area contributed by atoms with E-state index in [0.717, 1.165) is 5.56 Å². The molecule has 2 fully saturated rings. The summed E-state index contributed by atoms with van der Waals surface area (Å²) in [5, 5.41) is 16.3. The quantitative estimate of drug-likeness (QED) is 0.723. The van der Waals surface area contributed by atoms with Crippen molar-refractivity contribution in [3.8, 4) is 0 Å². The van der Waals surface area contributed by atoms with Crippen LogP contribution in [-0.4, -0.2) is 48.2 Å². The minimum absolute atomic E-state index is 0.0937. The van der Waals surface area contributed by atoms with Gasteiger partial charge in [0, 0.05) is 30.5 Å². The number of nitrogens with zero attached hydrogens (tertiary/aromatic N) is 1. The van der Waals surface area contributed by atoms with Crippen LogP contribution in [0.3, 0.4) is 0 Å². The Morgan fingerprint density at radius 2 is 1.93 bits per heavy atom. The summed E-state index contributed by atoms with van der Waals surface area (Å²) in [7, 11) is 1.50. The second kappa shape index (κ2) is 7.33. The number of carbonyl (C=O) groups excluding carboxylic acids is 2. The van der Waals surface area contributed by atoms with E-state index in [2.05, 4.69) is 15.6 Å². The van der Waals surface area contributed by atoms with Gasteiger partial charge in [-0.1, -0.05) is 29.8 Å². The average Bonchev–Trinajstić information content (AvgIpc) is 3.12. The van der Waals surface area contributed by atoms with Gasteiger partial charge in [-0.3, -0.25) is 9.59 Å². The smallest absolute Gasteiger partial charge is 0.269 e. The molecule has 2 heterocycles. The molecule has 2 amide bonds. The molecule has 146 valence electrons. The van der Waals surface area contributed by atoms with E-state index in [1.165, 1.54) is 13.1 Å². The highest BCUT2D eigenvalue weighted by molar-refractivity contribution is 5.99. The molecule has 1 aromatic carbocycles. The molecule has 1 aliphatic heterocycles. The van der Waals surface area contributed by atoms with Crippen molar-refractivity contribution in [1.82, 2.24) is 15.6 Å². The van der Waals surface area contributed by atoms with Gasteiger partial charge in [-0.25, -0.2) is 4.98 Å². The molecule has 1 saturated heterocycles. The lowest BCUT2D eigenvalue weighted by atomic mass is 10.0. The number of rotatable bonds is 5. The summed E-state index contributed by atoms with van der Waals surface area (Å²) in [6.07, 6.45) is -1.04. The zero-order valence-corrected chi connectivity index (χ0v) is 15.8. The Bertz CT molecular complexity index is 920. The molecular formula is C21H23N3O4. The third kappa shape index (κ3) is 3.50. The van der Waals surface area contributed by atoms with Crippen molar-refractivity contribution in [3.05, 3.63) is 64.5 Å². The van der Waals surface area contributed by atoms with Crippen molar-refractivity contribution in [1.29, 1.82) is 0 Å². The van der Waals surface area contributed by atoms with Crippen molar-refractivity contribution >= 4 is 11.8 Å². The molecule has 7 heteroatoms. The van der Waals surface area contributed by atoms with Gasteiger partial charge in [0.2, 0.25) is 0 Å². The highest BCUT2D eigenvalue weighted by Gasteiger charge is 2.54. The molecule has 1 saturated carbocycles. The Balaban J connectivity index is 1.63. The summed E-state index contributed by atoms with van der Waals surface area (Å²) in [6.45, 7) is 3.28. The van der Waals surface area contributed by atoms with E-state index < -0.39 is 12.0 Å². The molecule has 1 aliphatic carbocycles. The van der Waals surface area contributed by atoms with Gasteiger partial charge in [-0.05, 0) is 24.6 Å². The van der Waals surface area contributed by atoms with E-state index in [1.807, 2.05) is 25.1 Å². The number of aliphatic hydroxyl groups is 1. The predicted octanol–water partition coefficient (Wildman–Crippen LogP) is 1.21. The fourth-order valence-corrected chi connectivity index (χ4v) is 3.77. The molecule has 2 aliphatic rings. The molecule has 28 heavy (non-hydrogen) atoms. The summed E-state index contributed by atoms with van der Waals surface area (Å²) in [5.41, 5.74) is 2.31. The Kier molecular flexibility index (Phi) is 4.87. The van der Waals surface area contributed by atoms with Crippen LogP contribution in [0.5, 0.6) is 0 Å². The molecule has 0 radical (unpaired) electrons. The van der Waals surface area contributed by atoms with Crippen molar-refractivity contribution in [2.75, 3.05) is 20.3 Å². The third-order valence-electron chi connectivity index (χ3n) is 5.46. The summed E-state index contributed by atoms with van der Waals surface area (Å²) in [4.78, 5) is 29.2. The van der Waals surface area contributed by atoms with Gasteiger partial charge in [-0.15, -0.1) is 0 Å². The normalized spacial score (nSPS) is 23.6. The van der Waals surface area contributed by atoms with Crippen LogP contribution in [0.2, 0.25) is 0 Å². The largest absolute Gasteiger partial charge is 0.382 e. The number of fused-ring (bicyclic) bond motifs is 1. The molecular weight excluding hydrogens is 358 g/mol. The second-order valence-electron chi connectivity index (χ2n) is 7.43. The van der Waals surface area contributed by atoms with Gasteiger partial charge in [0.1, 0.15) is 11.8 Å². The Morgan fingerprint density at radius 3 is 2.61 bits per heavy atom. The van der Waals surface area contributed by atoms with Crippen LogP contribution in [0.4, 0.5) is 0 Å². The number of amides is 2. The van der Waals surface area contributed by atoms with E-state index in [1.54, 1.807) is 12.1 Å². The van der Waals surface area contributed by atoms with Gasteiger partial charge in [0.25, 0.3) is 11.8 Å². The summed E-state index contributed by atoms with van der Waals surface area (Å²) in [6, 6.07) is 10.5. The zero-order valence-electron chi connectivity index (χ0n) is 15.8. The highest BCUT2D eigenvalue weighted by Crippen LogP contribution is 2.44. The maximum atomic E-state index is 12.8. The van der Waals surface area contributed by atoms with Crippen molar-refractivity contribution in [2.45, 2.75) is 19.1 Å². The van der Waals surface area contributed by atoms with Gasteiger partial charge in [0.05, 0.1) is 18.9 Å². The van der Waals surface area contributed by atoms with Gasteiger partial charge in [-0.2, -0.15) is 0 Å². The minimum atomic E-state index is -1.04. The zero-order chi connectivity index (χ0) is 19.8. The van der Waals surface area contributed by atoms with E-state index in [4.69, 9.17) is 4.74 Å². The second-order valence-corrected chi connectivity index (χ2v) is 7.43. The maximum Gasteiger partial charge on any atom is 0.269 e. The number of carbonyl (C=O) groups is 2. The van der Waals surface area contributed by atoms with E-state index in [9.17, 15) is 14.7 Å². The monoisotopic (exact) mass is 381 g/mol. The van der Waals surface area contributed by atoms with Crippen LogP contribution >= 0.6 is 0 Å². The maximum absolute atomic E-state index is 12.8. The van der Waals surface area contributed by atoms with Crippen LogP contribution in [-0.2, 0) is 4.74 Å². The number of aromatic nitrogens is 1. The highest BCUT2D eigenvalue weighted by atomic mass is 16.5. The van der Waals surface area contributed by atoms with E-state index >= 15 is 0 Å². The molecule has 1 aromatic heterocycles. The summed E-state index contributed by atoms with van der Waals surface area (Å²) in [5.74, 6) is 0.0665. The number of aliphatic hydroxyl groups excluding tert-OH is 1. The van der Waals surface area contributed by atoms with E-state index in [0.29, 0.717) is 36.2 Å². The van der Waals surface area contributed by atoms with Crippen LogP contribution in [0.15, 0.2) is 36.4 Å². The fraction of sp³-hybridized carbons (Fsp3) is 0.381. The number of nitrogens with one attached hydrogen (secondary N) is 2. The Morgan fingerprint density at radius 1 is 1.18 bits per heavy atom. The first kappa shape index (κ1) is 18.6. The van der Waals surface area contributed by atoms with Crippen molar-refractivity contribution < 1.29 is 19.4 Å². The number of benzene rings is 1. The summed E-state index contributed by atoms with van der Waals surface area (Å²) >= 11 is 0. The topological polar surface area (TPSA) is 101 Å². The minimum Gasteiger partial charge on any atom is -0.382 e. The van der Waals surface area contributed by atoms with Crippen LogP contribution in [0.1, 0.15) is 43.8 Å². The lowest BCUT2D eigenvalue weighted by Crippen LogP contribution is -2.31. The first-order valence-corrected chi connectivity index (χ1v) is 9.35. The Labute approximate surface area is 163 Å². The molecule has 4 atom stereocenters. The standard InChI is InChI=1S/C21H23N3O4/c1-11-4-3-5-12(6-11)19(25)16-7-13(8-17(23-16)21(27)22-2)20(26)24-18-14-9-28-10-15(14)18/h3-8,14-15,18-19,25H,9-10H2,1-2H3,(H,22,27)(H,24,26)/t14-,15+,18?,19?. The van der Waals surface area contributed by atoms with Crippen molar-refractivity contribution in [3.63, 3.8) is 0 Å². The molecule has 0 spiro atoms. The number of aryl methyl sites for hydroxylation is 1.